The van der Waals surface area contributed by atoms with E-state index in [0.717, 1.165) is 10.9 Å². The monoisotopic (exact) mass is 391 g/mol. The van der Waals surface area contributed by atoms with E-state index in [-0.39, 0.29) is 24.9 Å². The standard InChI is InChI=1S/C18H18ClN3O5/c1-10-12-7-11(19)3-4-14(12)26-16(10)18(23)22-5-6-25-8-13(22)17-20-15(9-24-2)27-21-17/h3-4,7,13H,5-6,8-9H2,1-2H3/t13-/m0/s1. The van der Waals surface area contributed by atoms with E-state index in [4.69, 9.17) is 30.0 Å². The van der Waals surface area contributed by atoms with Gasteiger partial charge in [0.1, 0.15) is 18.2 Å². The molecule has 0 radical (unpaired) electrons. The van der Waals surface area contributed by atoms with E-state index in [1.165, 1.54) is 0 Å². The van der Waals surface area contributed by atoms with E-state index >= 15 is 0 Å². The average Bonchev–Trinajstić information content (AvgIpc) is 3.27. The van der Waals surface area contributed by atoms with Crippen LogP contribution in [-0.4, -0.2) is 47.8 Å². The summed E-state index contributed by atoms with van der Waals surface area (Å²) < 4.78 is 21.5. The molecule has 0 unspecified atom stereocenters. The van der Waals surface area contributed by atoms with Crippen molar-refractivity contribution in [3.05, 3.63) is 46.3 Å². The van der Waals surface area contributed by atoms with E-state index < -0.39 is 6.04 Å². The van der Waals surface area contributed by atoms with Crippen molar-refractivity contribution in [2.75, 3.05) is 26.9 Å². The van der Waals surface area contributed by atoms with E-state index in [1.54, 1.807) is 30.2 Å². The lowest BCUT2D eigenvalue weighted by Gasteiger charge is -2.33. The van der Waals surface area contributed by atoms with Gasteiger partial charge in [0.25, 0.3) is 11.8 Å². The Morgan fingerprint density at radius 2 is 2.30 bits per heavy atom. The summed E-state index contributed by atoms with van der Waals surface area (Å²) in [6.45, 7) is 3.15. The van der Waals surface area contributed by atoms with Crippen LogP contribution < -0.4 is 0 Å². The number of fused-ring (bicyclic) bond motifs is 1. The highest BCUT2D eigenvalue weighted by Crippen LogP contribution is 2.31. The molecule has 1 aliphatic heterocycles. The van der Waals surface area contributed by atoms with Gasteiger partial charge in [-0.2, -0.15) is 4.98 Å². The van der Waals surface area contributed by atoms with Gasteiger partial charge in [0.05, 0.1) is 13.2 Å². The summed E-state index contributed by atoms with van der Waals surface area (Å²) in [4.78, 5) is 19.2. The number of carbonyl (C=O) groups is 1. The number of morpholine rings is 1. The van der Waals surface area contributed by atoms with Crippen molar-refractivity contribution in [3.63, 3.8) is 0 Å². The summed E-state index contributed by atoms with van der Waals surface area (Å²) in [5, 5.41) is 5.38. The van der Waals surface area contributed by atoms with Gasteiger partial charge >= 0.3 is 0 Å². The zero-order valence-electron chi connectivity index (χ0n) is 14.9. The second kappa shape index (κ2) is 7.30. The fourth-order valence-corrected chi connectivity index (χ4v) is 3.35. The van der Waals surface area contributed by atoms with Gasteiger partial charge in [0.15, 0.2) is 11.6 Å². The number of furan rings is 1. The summed E-state index contributed by atoms with van der Waals surface area (Å²) in [5.41, 5.74) is 1.36. The number of ether oxygens (including phenoxy) is 2. The molecule has 142 valence electrons. The summed E-state index contributed by atoms with van der Waals surface area (Å²) in [6, 6.07) is 4.82. The fraction of sp³-hybridized carbons (Fsp3) is 0.389. The molecule has 1 fully saturated rings. The number of benzene rings is 1. The Labute approximate surface area is 160 Å². The first kappa shape index (κ1) is 18.0. The van der Waals surface area contributed by atoms with Gasteiger partial charge in [-0.05, 0) is 25.1 Å². The fourth-order valence-electron chi connectivity index (χ4n) is 3.17. The largest absolute Gasteiger partial charge is 0.451 e. The van der Waals surface area contributed by atoms with Gasteiger partial charge in [-0.25, -0.2) is 0 Å². The second-order valence-electron chi connectivity index (χ2n) is 6.27. The number of rotatable bonds is 4. The van der Waals surface area contributed by atoms with Crippen molar-refractivity contribution in [1.82, 2.24) is 15.0 Å². The van der Waals surface area contributed by atoms with Crippen molar-refractivity contribution < 1.29 is 23.2 Å². The molecule has 1 aliphatic rings. The van der Waals surface area contributed by atoms with Crippen LogP contribution in [0, 0.1) is 6.92 Å². The zero-order valence-corrected chi connectivity index (χ0v) is 15.7. The number of amides is 1. The van der Waals surface area contributed by atoms with Crippen molar-refractivity contribution >= 4 is 28.5 Å². The Morgan fingerprint density at radius 1 is 1.44 bits per heavy atom. The molecule has 2 aromatic heterocycles. The molecule has 9 heteroatoms. The molecule has 0 bridgehead atoms. The van der Waals surface area contributed by atoms with Crippen LogP contribution in [0.25, 0.3) is 11.0 Å². The number of aromatic nitrogens is 2. The van der Waals surface area contributed by atoms with Crippen molar-refractivity contribution in [3.8, 4) is 0 Å². The summed E-state index contributed by atoms with van der Waals surface area (Å²) in [5.74, 6) is 0.762. The Bertz CT molecular complexity index is 983. The molecule has 1 atom stereocenters. The molecule has 1 saturated heterocycles. The predicted molar refractivity (Wildman–Crippen MR) is 95.6 cm³/mol. The number of methoxy groups -OCH3 is 1. The molecule has 4 rings (SSSR count). The summed E-state index contributed by atoms with van der Waals surface area (Å²) in [7, 11) is 1.54. The highest BCUT2D eigenvalue weighted by molar-refractivity contribution is 6.31. The normalized spacial score (nSPS) is 17.6. The van der Waals surface area contributed by atoms with Crippen LogP contribution in [0.15, 0.2) is 27.1 Å². The van der Waals surface area contributed by atoms with Crippen LogP contribution in [0.2, 0.25) is 5.02 Å². The van der Waals surface area contributed by atoms with Crippen molar-refractivity contribution in [1.29, 1.82) is 0 Å². The maximum Gasteiger partial charge on any atom is 0.290 e. The Kier molecular flexibility index (Phi) is 4.86. The van der Waals surface area contributed by atoms with Crippen LogP contribution in [0.3, 0.4) is 0 Å². The Hall–Kier alpha value is -2.42. The molecular formula is C18H18ClN3O5. The smallest absolute Gasteiger partial charge is 0.290 e. The highest BCUT2D eigenvalue weighted by atomic mass is 35.5. The molecule has 27 heavy (non-hydrogen) atoms. The lowest BCUT2D eigenvalue weighted by molar-refractivity contribution is -0.00723. The number of halogens is 1. The van der Waals surface area contributed by atoms with E-state index in [9.17, 15) is 4.79 Å². The number of nitrogens with zero attached hydrogens (tertiary/aromatic N) is 3. The minimum absolute atomic E-state index is 0.206. The van der Waals surface area contributed by atoms with Gasteiger partial charge < -0.3 is 23.3 Å². The molecule has 1 amide bonds. The predicted octanol–water partition coefficient (Wildman–Crippen LogP) is 3.14. The number of aryl methyl sites for hydroxylation is 1. The van der Waals surface area contributed by atoms with Crippen LogP contribution in [0.1, 0.15) is 33.9 Å². The third-order valence-electron chi connectivity index (χ3n) is 4.53. The van der Waals surface area contributed by atoms with Crippen molar-refractivity contribution in [2.45, 2.75) is 19.6 Å². The SMILES string of the molecule is COCc1nc([C@@H]2COCCN2C(=O)c2oc3ccc(Cl)cc3c2C)no1. The quantitative estimate of drug-likeness (QED) is 0.674. The first-order valence-corrected chi connectivity index (χ1v) is 8.85. The van der Waals surface area contributed by atoms with Gasteiger partial charge in [0.2, 0.25) is 0 Å². The zero-order chi connectivity index (χ0) is 19.0. The molecule has 0 N–H and O–H groups in total. The Balaban J connectivity index is 1.67. The Morgan fingerprint density at radius 3 is 3.11 bits per heavy atom. The van der Waals surface area contributed by atoms with Crippen LogP contribution >= 0.6 is 11.6 Å². The second-order valence-corrected chi connectivity index (χ2v) is 6.70. The first-order chi connectivity index (χ1) is 13.1. The molecular weight excluding hydrogens is 374 g/mol. The number of hydrogen-bond acceptors (Lipinski definition) is 7. The third kappa shape index (κ3) is 3.31. The van der Waals surface area contributed by atoms with E-state index in [1.807, 2.05) is 6.92 Å². The van der Waals surface area contributed by atoms with Gasteiger partial charge in [-0.15, -0.1) is 0 Å². The first-order valence-electron chi connectivity index (χ1n) is 8.47. The maximum absolute atomic E-state index is 13.2. The topological polar surface area (TPSA) is 90.8 Å². The molecule has 3 aromatic rings. The van der Waals surface area contributed by atoms with Crippen LogP contribution in [0.5, 0.6) is 0 Å². The van der Waals surface area contributed by atoms with Crippen LogP contribution in [0.4, 0.5) is 0 Å². The molecule has 0 saturated carbocycles. The third-order valence-corrected chi connectivity index (χ3v) is 4.77. The lowest BCUT2D eigenvalue weighted by Crippen LogP contribution is -2.44. The van der Waals surface area contributed by atoms with Gasteiger partial charge in [-0.3, -0.25) is 4.79 Å². The summed E-state index contributed by atoms with van der Waals surface area (Å²) >= 11 is 6.07. The number of hydrogen-bond donors (Lipinski definition) is 0. The average molecular weight is 392 g/mol. The molecule has 3 heterocycles. The highest BCUT2D eigenvalue weighted by Gasteiger charge is 2.35. The number of carbonyl (C=O) groups excluding carboxylic acids is 1. The lowest BCUT2D eigenvalue weighted by atomic mass is 10.1. The van der Waals surface area contributed by atoms with Gasteiger partial charge in [0, 0.05) is 29.6 Å². The minimum Gasteiger partial charge on any atom is -0.451 e. The minimum atomic E-state index is -0.461. The summed E-state index contributed by atoms with van der Waals surface area (Å²) in [6.07, 6.45) is 0. The van der Waals surface area contributed by atoms with E-state index in [0.29, 0.717) is 35.5 Å². The molecule has 0 aliphatic carbocycles. The molecule has 8 nitrogen and oxygen atoms in total. The molecule has 0 spiro atoms. The van der Waals surface area contributed by atoms with Crippen molar-refractivity contribution in [2.24, 2.45) is 0 Å². The molecule has 1 aromatic carbocycles. The van der Waals surface area contributed by atoms with E-state index in [2.05, 4.69) is 10.1 Å². The van der Waals surface area contributed by atoms with Crippen LogP contribution in [-0.2, 0) is 16.1 Å². The van der Waals surface area contributed by atoms with Gasteiger partial charge in [-0.1, -0.05) is 16.8 Å². The maximum atomic E-state index is 13.2.